The Kier molecular flexibility index (Phi) is 8.29. The molecule has 1 atom stereocenters. The number of nitro benzene ring substituents is 1. The van der Waals surface area contributed by atoms with Gasteiger partial charge in [0.2, 0.25) is 5.91 Å². The minimum Gasteiger partial charge on any atom is -0.502 e. The molecule has 3 aromatic rings. The zero-order valence-corrected chi connectivity index (χ0v) is 19.3. The molecule has 3 aromatic carbocycles. The molecule has 2 amide bonds. The van der Waals surface area contributed by atoms with Crippen LogP contribution in [0.5, 0.6) is 5.75 Å². The number of nitro groups is 1. The standard InChI is InChI=1S/C26H26N4O5/c1-17(2)24(26(33)29-27-16-18-13-14-22(31)21(15-18)30(34)35)28-25(32)23(19-9-5-3-6-10-19)20-11-7-4-8-12-20/h3-17,23-24,31H,1-2H3,(H,28,32)(H,29,33)/b27-16-/t24-/m0/s1. The summed E-state index contributed by atoms with van der Waals surface area (Å²) in [4.78, 5) is 36.5. The van der Waals surface area contributed by atoms with E-state index in [2.05, 4.69) is 15.8 Å². The predicted molar refractivity (Wildman–Crippen MR) is 132 cm³/mol. The molecule has 0 saturated carbocycles. The number of phenols is 1. The van der Waals surface area contributed by atoms with Crippen molar-refractivity contribution in [1.82, 2.24) is 10.7 Å². The first-order chi connectivity index (χ1) is 16.8. The van der Waals surface area contributed by atoms with E-state index < -0.39 is 34.2 Å². The molecule has 0 bridgehead atoms. The van der Waals surface area contributed by atoms with Crippen molar-refractivity contribution in [3.05, 3.63) is 106 Å². The van der Waals surface area contributed by atoms with Gasteiger partial charge in [-0.05, 0) is 29.2 Å². The van der Waals surface area contributed by atoms with Crippen LogP contribution in [0.25, 0.3) is 0 Å². The Balaban J connectivity index is 1.75. The molecular weight excluding hydrogens is 448 g/mol. The van der Waals surface area contributed by atoms with Crippen LogP contribution in [-0.4, -0.2) is 34.1 Å². The Morgan fingerprint density at radius 2 is 1.51 bits per heavy atom. The maximum absolute atomic E-state index is 13.4. The topological polar surface area (TPSA) is 134 Å². The van der Waals surface area contributed by atoms with Crippen molar-refractivity contribution < 1.29 is 19.6 Å². The molecule has 0 aromatic heterocycles. The van der Waals surface area contributed by atoms with E-state index >= 15 is 0 Å². The summed E-state index contributed by atoms with van der Waals surface area (Å²) in [6, 6.07) is 21.5. The van der Waals surface area contributed by atoms with Gasteiger partial charge in [0.15, 0.2) is 5.75 Å². The number of carbonyl (C=O) groups is 2. The van der Waals surface area contributed by atoms with Crippen LogP contribution >= 0.6 is 0 Å². The van der Waals surface area contributed by atoms with Crippen molar-refractivity contribution in [2.75, 3.05) is 0 Å². The Bertz CT molecular complexity index is 1170. The summed E-state index contributed by atoms with van der Waals surface area (Å²) in [6.07, 6.45) is 1.22. The second kappa shape index (κ2) is 11.6. The number of amides is 2. The predicted octanol–water partition coefficient (Wildman–Crippen LogP) is 3.72. The van der Waals surface area contributed by atoms with Crippen LogP contribution in [0.1, 0.15) is 36.5 Å². The number of benzene rings is 3. The van der Waals surface area contributed by atoms with Gasteiger partial charge in [-0.15, -0.1) is 0 Å². The summed E-state index contributed by atoms with van der Waals surface area (Å²) < 4.78 is 0. The summed E-state index contributed by atoms with van der Waals surface area (Å²) in [5.74, 6) is -2.17. The molecule has 0 aliphatic rings. The van der Waals surface area contributed by atoms with Crippen molar-refractivity contribution in [1.29, 1.82) is 0 Å². The zero-order chi connectivity index (χ0) is 25.4. The highest BCUT2D eigenvalue weighted by molar-refractivity contribution is 5.93. The van der Waals surface area contributed by atoms with Gasteiger partial charge < -0.3 is 10.4 Å². The molecule has 0 heterocycles. The van der Waals surface area contributed by atoms with Gasteiger partial charge in [0.05, 0.1) is 17.1 Å². The van der Waals surface area contributed by atoms with Gasteiger partial charge in [-0.2, -0.15) is 5.10 Å². The van der Waals surface area contributed by atoms with E-state index in [0.29, 0.717) is 5.56 Å². The number of carbonyl (C=O) groups excluding carboxylic acids is 2. The van der Waals surface area contributed by atoms with Gasteiger partial charge in [-0.3, -0.25) is 19.7 Å². The molecule has 0 spiro atoms. The van der Waals surface area contributed by atoms with E-state index in [4.69, 9.17) is 0 Å². The zero-order valence-electron chi connectivity index (χ0n) is 19.3. The highest BCUT2D eigenvalue weighted by atomic mass is 16.6. The summed E-state index contributed by atoms with van der Waals surface area (Å²) in [6.45, 7) is 3.61. The van der Waals surface area contributed by atoms with Crippen molar-refractivity contribution in [3.63, 3.8) is 0 Å². The fraction of sp³-hybridized carbons (Fsp3) is 0.192. The number of hydrazone groups is 1. The molecule has 3 rings (SSSR count). The lowest BCUT2D eigenvalue weighted by Crippen LogP contribution is -2.50. The lowest BCUT2D eigenvalue weighted by atomic mass is 9.89. The summed E-state index contributed by atoms with van der Waals surface area (Å²) in [7, 11) is 0. The van der Waals surface area contributed by atoms with Crippen molar-refractivity contribution in [2.24, 2.45) is 11.0 Å². The van der Waals surface area contributed by atoms with Crippen LogP contribution < -0.4 is 10.7 Å². The second-order valence-corrected chi connectivity index (χ2v) is 8.22. The number of nitrogens with zero attached hydrogens (tertiary/aromatic N) is 2. The first kappa shape index (κ1) is 25.1. The summed E-state index contributed by atoms with van der Waals surface area (Å²) in [5.41, 5.74) is 3.82. The molecule has 0 radical (unpaired) electrons. The molecule has 0 unspecified atom stereocenters. The third-order valence-corrected chi connectivity index (χ3v) is 5.36. The van der Waals surface area contributed by atoms with Crippen LogP contribution in [-0.2, 0) is 9.59 Å². The molecule has 0 saturated heterocycles. The van der Waals surface area contributed by atoms with Gasteiger partial charge >= 0.3 is 5.69 Å². The first-order valence-electron chi connectivity index (χ1n) is 11.0. The van der Waals surface area contributed by atoms with Gasteiger partial charge in [0.1, 0.15) is 6.04 Å². The lowest BCUT2D eigenvalue weighted by Gasteiger charge is -2.24. The monoisotopic (exact) mass is 474 g/mol. The third-order valence-electron chi connectivity index (χ3n) is 5.36. The number of phenolic OH excluding ortho intramolecular Hbond substituents is 1. The molecule has 3 N–H and O–H groups in total. The normalized spacial score (nSPS) is 12.0. The highest BCUT2D eigenvalue weighted by Crippen LogP contribution is 2.26. The Labute approximate surface area is 202 Å². The third kappa shape index (κ3) is 6.50. The van der Waals surface area contributed by atoms with E-state index in [9.17, 15) is 24.8 Å². The quantitative estimate of drug-likeness (QED) is 0.247. The number of hydrogen-bond donors (Lipinski definition) is 3. The summed E-state index contributed by atoms with van der Waals surface area (Å²) >= 11 is 0. The number of rotatable bonds is 9. The van der Waals surface area contributed by atoms with E-state index in [-0.39, 0.29) is 11.8 Å². The van der Waals surface area contributed by atoms with Crippen molar-refractivity contribution in [3.8, 4) is 5.75 Å². The SMILES string of the molecule is CC(C)[C@H](NC(=O)C(c1ccccc1)c1ccccc1)C(=O)N/N=C\c1ccc(O)c([N+](=O)[O-])c1. The molecule has 9 nitrogen and oxygen atoms in total. The van der Waals surface area contributed by atoms with Gasteiger partial charge in [0, 0.05) is 11.6 Å². The average Bonchev–Trinajstić information content (AvgIpc) is 2.84. The molecule has 0 fully saturated rings. The molecule has 180 valence electrons. The largest absolute Gasteiger partial charge is 0.502 e. The average molecular weight is 475 g/mol. The minimum atomic E-state index is -0.872. The summed E-state index contributed by atoms with van der Waals surface area (Å²) in [5, 5.41) is 27.2. The minimum absolute atomic E-state index is 0.240. The van der Waals surface area contributed by atoms with E-state index in [0.717, 1.165) is 17.2 Å². The smallest absolute Gasteiger partial charge is 0.311 e. The highest BCUT2D eigenvalue weighted by Gasteiger charge is 2.29. The molecule has 0 aliphatic carbocycles. The van der Waals surface area contributed by atoms with Crippen molar-refractivity contribution >= 4 is 23.7 Å². The first-order valence-corrected chi connectivity index (χ1v) is 11.0. The van der Waals surface area contributed by atoms with Gasteiger partial charge in [0.25, 0.3) is 5.91 Å². The number of nitrogens with one attached hydrogen (secondary N) is 2. The van der Waals surface area contributed by atoms with Crippen LogP contribution in [0.3, 0.4) is 0 Å². The fourth-order valence-corrected chi connectivity index (χ4v) is 3.56. The van der Waals surface area contributed by atoms with Crippen LogP contribution in [0.15, 0.2) is 84.0 Å². The van der Waals surface area contributed by atoms with Gasteiger partial charge in [-0.1, -0.05) is 74.5 Å². The van der Waals surface area contributed by atoms with Crippen LogP contribution in [0, 0.1) is 16.0 Å². The second-order valence-electron chi connectivity index (χ2n) is 8.22. The Morgan fingerprint density at radius 1 is 0.943 bits per heavy atom. The van der Waals surface area contributed by atoms with E-state index in [1.807, 2.05) is 60.7 Å². The van der Waals surface area contributed by atoms with E-state index in [1.165, 1.54) is 18.3 Å². The number of hydrogen-bond acceptors (Lipinski definition) is 6. The Hall–Kier alpha value is -4.53. The molecular formula is C26H26N4O5. The van der Waals surface area contributed by atoms with E-state index in [1.54, 1.807) is 13.8 Å². The Morgan fingerprint density at radius 3 is 2.03 bits per heavy atom. The fourth-order valence-electron chi connectivity index (χ4n) is 3.56. The maximum Gasteiger partial charge on any atom is 0.311 e. The maximum atomic E-state index is 13.4. The molecule has 0 aliphatic heterocycles. The van der Waals surface area contributed by atoms with Crippen LogP contribution in [0.4, 0.5) is 5.69 Å². The van der Waals surface area contributed by atoms with Gasteiger partial charge in [-0.25, -0.2) is 5.43 Å². The number of aromatic hydroxyl groups is 1. The molecule has 9 heteroatoms. The lowest BCUT2D eigenvalue weighted by molar-refractivity contribution is -0.385. The molecule has 35 heavy (non-hydrogen) atoms. The van der Waals surface area contributed by atoms with Crippen LogP contribution in [0.2, 0.25) is 0 Å². The van der Waals surface area contributed by atoms with Crippen molar-refractivity contribution in [2.45, 2.75) is 25.8 Å².